The van der Waals surface area contributed by atoms with Gasteiger partial charge < -0.3 is 35.6 Å². The molecule has 0 fully saturated rings. The number of fused-ring (bicyclic) bond motifs is 1. The number of carbonyl (C=O) groups excluding carboxylic acids is 1. The first-order valence-corrected chi connectivity index (χ1v) is 16.9. The lowest BCUT2D eigenvalue weighted by atomic mass is 10.1. The summed E-state index contributed by atoms with van der Waals surface area (Å²) in [7, 11) is 0. The third kappa shape index (κ3) is 15.0. The molecule has 250 valence electrons. The van der Waals surface area contributed by atoms with Gasteiger partial charge in [-0.25, -0.2) is 4.79 Å². The summed E-state index contributed by atoms with van der Waals surface area (Å²) in [6, 6.07) is 15.5. The van der Waals surface area contributed by atoms with E-state index in [-0.39, 0.29) is 18.9 Å². The fourth-order valence-electron chi connectivity index (χ4n) is 4.79. The molecule has 3 rings (SSSR count). The monoisotopic (exact) mass is 645 g/mol. The molecule has 0 aromatic heterocycles. The molecule has 0 aliphatic carbocycles. The van der Waals surface area contributed by atoms with Crippen LogP contribution in [-0.4, -0.2) is 72.2 Å². The first kappa shape index (κ1) is 37.9. The van der Waals surface area contributed by atoms with Gasteiger partial charge in [0, 0.05) is 23.6 Å². The van der Waals surface area contributed by atoms with Crippen molar-refractivity contribution in [1.29, 1.82) is 0 Å². The summed E-state index contributed by atoms with van der Waals surface area (Å²) in [6.07, 6.45) is 6.31. The van der Waals surface area contributed by atoms with Gasteiger partial charge in [0.15, 0.2) is 6.10 Å². The van der Waals surface area contributed by atoms with Crippen LogP contribution in [0.2, 0.25) is 0 Å². The number of para-hydroxylation sites is 1. The number of hydrogen-bond donors (Lipinski definition) is 4. The van der Waals surface area contributed by atoms with Gasteiger partial charge in [0.25, 0.3) is 0 Å². The highest BCUT2D eigenvalue weighted by Crippen LogP contribution is 2.34. The number of hydrogen-bond acceptors (Lipinski definition) is 8. The number of amides is 1. The van der Waals surface area contributed by atoms with Crippen LogP contribution in [0.5, 0.6) is 5.75 Å². The quantitative estimate of drug-likeness (QED) is 0.128. The zero-order chi connectivity index (χ0) is 33.0. The van der Waals surface area contributed by atoms with Crippen molar-refractivity contribution in [3.8, 4) is 5.75 Å². The Morgan fingerprint density at radius 1 is 0.978 bits per heavy atom. The third-order valence-electron chi connectivity index (χ3n) is 7.46. The van der Waals surface area contributed by atoms with Crippen LogP contribution < -0.4 is 20.7 Å². The fraction of sp³-hybridized carbons (Fsp3) is 0.559. The maximum atomic E-state index is 10.9. The molecule has 1 aliphatic rings. The van der Waals surface area contributed by atoms with E-state index < -0.39 is 30.0 Å². The molecule has 1 amide bonds. The molecule has 3 atom stereocenters. The molecule has 2 aromatic carbocycles. The summed E-state index contributed by atoms with van der Waals surface area (Å²) in [6.45, 7) is 8.73. The number of anilines is 1. The minimum Gasteiger partial charge on any atom is -0.492 e. The first-order chi connectivity index (χ1) is 21.6. The molecule has 45 heavy (non-hydrogen) atoms. The van der Waals surface area contributed by atoms with Crippen molar-refractivity contribution < 1.29 is 34.1 Å². The maximum Gasteiger partial charge on any atom is 0.332 e. The summed E-state index contributed by atoms with van der Waals surface area (Å²) in [5.74, 6) is -0.431. The highest BCUT2D eigenvalue weighted by Gasteiger charge is 2.18. The molecular weight excluding hydrogens is 594 g/mol. The van der Waals surface area contributed by atoms with Crippen LogP contribution in [-0.2, 0) is 19.1 Å². The van der Waals surface area contributed by atoms with E-state index in [1.807, 2.05) is 43.0 Å². The Hall–Kier alpha value is -3.28. The van der Waals surface area contributed by atoms with Gasteiger partial charge in [-0.05, 0) is 63.1 Å². The van der Waals surface area contributed by atoms with Crippen LogP contribution in [0.1, 0.15) is 83.8 Å². The molecule has 1 heterocycles. The molecule has 0 radical (unpaired) electrons. The predicted molar refractivity (Wildman–Crippen MR) is 179 cm³/mol. The van der Waals surface area contributed by atoms with Gasteiger partial charge >= 0.3 is 11.9 Å². The van der Waals surface area contributed by atoms with Crippen LogP contribution in [0.4, 0.5) is 5.69 Å². The highest BCUT2D eigenvalue weighted by molar-refractivity contribution is 7.99. The molecular formula is C34H51N3O7S. The Bertz CT molecular complexity index is 1160. The summed E-state index contributed by atoms with van der Waals surface area (Å²) in [5.41, 5.74) is 7.22. The number of primary amides is 1. The second-order valence-corrected chi connectivity index (χ2v) is 12.2. The molecule has 3 unspecified atom stereocenters. The first-order valence-electron chi connectivity index (χ1n) is 15.9. The molecule has 0 saturated carbocycles. The van der Waals surface area contributed by atoms with Gasteiger partial charge in [0.1, 0.15) is 18.4 Å². The number of benzene rings is 2. The minimum atomic E-state index is -0.959. The van der Waals surface area contributed by atoms with Gasteiger partial charge in [-0.15, -0.1) is 11.8 Å². The van der Waals surface area contributed by atoms with Gasteiger partial charge in [-0.3, -0.25) is 9.59 Å². The Kier molecular flexibility index (Phi) is 18.1. The van der Waals surface area contributed by atoms with E-state index in [2.05, 4.69) is 41.4 Å². The van der Waals surface area contributed by atoms with Crippen molar-refractivity contribution in [2.75, 3.05) is 36.9 Å². The van der Waals surface area contributed by atoms with Gasteiger partial charge in [0.05, 0.1) is 18.3 Å². The Morgan fingerprint density at radius 3 is 2.33 bits per heavy atom. The van der Waals surface area contributed by atoms with Crippen molar-refractivity contribution in [2.45, 2.75) is 95.3 Å². The number of nitrogens with one attached hydrogen (secondary N) is 1. The SMILES string of the molecule is CC(OC(C)c1ccc(OCCN2CCSc3ccccc32)cc1)C(=O)O.CCCCCCCCNC(CCC(N)=O)C(=O)O. The number of rotatable bonds is 20. The zero-order valence-corrected chi connectivity index (χ0v) is 27.7. The normalized spacial score (nSPS) is 14.3. The van der Waals surface area contributed by atoms with Crippen molar-refractivity contribution in [2.24, 2.45) is 5.73 Å². The van der Waals surface area contributed by atoms with E-state index >= 15 is 0 Å². The van der Waals surface area contributed by atoms with Crippen LogP contribution >= 0.6 is 11.8 Å². The lowest BCUT2D eigenvalue weighted by Crippen LogP contribution is -2.38. The van der Waals surface area contributed by atoms with Crippen molar-refractivity contribution >= 4 is 35.3 Å². The molecule has 0 bridgehead atoms. The minimum absolute atomic E-state index is 0.112. The number of thioether (sulfide) groups is 1. The van der Waals surface area contributed by atoms with E-state index in [9.17, 15) is 14.4 Å². The van der Waals surface area contributed by atoms with Gasteiger partial charge in [-0.1, -0.05) is 63.3 Å². The Balaban J connectivity index is 0.000000344. The average Bonchev–Trinajstić information content (AvgIpc) is 3.02. The van der Waals surface area contributed by atoms with E-state index in [0.29, 0.717) is 13.2 Å². The number of ether oxygens (including phenoxy) is 2. The molecule has 5 N–H and O–H groups in total. The summed E-state index contributed by atoms with van der Waals surface area (Å²) >= 11 is 1.90. The number of unbranched alkanes of at least 4 members (excludes halogenated alkanes) is 5. The Labute approximate surface area is 272 Å². The number of nitrogens with two attached hydrogens (primary N) is 1. The highest BCUT2D eigenvalue weighted by atomic mass is 32.2. The lowest BCUT2D eigenvalue weighted by Gasteiger charge is -2.30. The van der Waals surface area contributed by atoms with Crippen molar-refractivity contribution in [1.82, 2.24) is 5.32 Å². The molecule has 11 heteroatoms. The molecule has 0 saturated heterocycles. The molecule has 1 aliphatic heterocycles. The van der Waals surface area contributed by atoms with E-state index in [1.54, 1.807) is 0 Å². The number of carboxylic acids is 2. The van der Waals surface area contributed by atoms with Gasteiger partial charge in [-0.2, -0.15) is 0 Å². The van der Waals surface area contributed by atoms with Crippen LogP contribution in [0, 0.1) is 0 Å². The number of carbonyl (C=O) groups is 3. The second-order valence-electron chi connectivity index (χ2n) is 11.1. The predicted octanol–water partition coefficient (Wildman–Crippen LogP) is 5.88. The largest absolute Gasteiger partial charge is 0.492 e. The van der Waals surface area contributed by atoms with E-state index in [0.717, 1.165) is 43.0 Å². The summed E-state index contributed by atoms with van der Waals surface area (Å²) < 4.78 is 11.4. The number of aliphatic carboxylic acids is 2. The molecule has 2 aromatic rings. The molecule has 0 spiro atoms. The number of carboxylic acid groups (broad SMARTS) is 2. The maximum absolute atomic E-state index is 10.9. The van der Waals surface area contributed by atoms with Crippen LogP contribution in [0.25, 0.3) is 0 Å². The molecule has 10 nitrogen and oxygen atoms in total. The van der Waals surface area contributed by atoms with E-state index in [1.165, 1.54) is 43.2 Å². The van der Waals surface area contributed by atoms with Crippen molar-refractivity contribution in [3.63, 3.8) is 0 Å². The summed E-state index contributed by atoms with van der Waals surface area (Å²) in [4.78, 5) is 36.1. The van der Waals surface area contributed by atoms with E-state index in [4.69, 9.17) is 25.4 Å². The Morgan fingerprint density at radius 2 is 1.67 bits per heavy atom. The zero-order valence-electron chi connectivity index (χ0n) is 26.9. The smallest absolute Gasteiger partial charge is 0.332 e. The standard InChI is InChI=1S/C21H25NO4S.C13H26N2O3/c1-15(26-16(2)21(23)24)17-7-9-18(10-8-17)25-13-11-22-12-14-27-20-6-4-3-5-19(20)22;1-2-3-4-5-6-7-10-15-11(13(17)18)8-9-12(14)16/h3-10,15-16H,11-14H2,1-2H3,(H,23,24);11,15H,2-10H2,1H3,(H2,14,16)(H,17,18). The third-order valence-corrected chi connectivity index (χ3v) is 8.50. The van der Waals surface area contributed by atoms with Gasteiger partial charge in [0.2, 0.25) is 5.91 Å². The lowest BCUT2D eigenvalue weighted by molar-refractivity contribution is -0.152. The number of nitrogens with zero attached hydrogens (tertiary/aromatic N) is 1. The fourth-order valence-corrected chi connectivity index (χ4v) is 5.84. The average molecular weight is 646 g/mol. The summed E-state index contributed by atoms with van der Waals surface area (Å²) in [5, 5.41) is 20.8. The second kappa shape index (κ2) is 21.5. The topological polar surface area (TPSA) is 151 Å². The van der Waals surface area contributed by atoms with Crippen LogP contribution in [0.15, 0.2) is 53.4 Å². The van der Waals surface area contributed by atoms with Crippen LogP contribution in [0.3, 0.4) is 0 Å². The van der Waals surface area contributed by atoms with Crippen molar-refractivity contribution in [3.05, 3.63) is 54.1 Å².